The summed E-state index contributed by atoms with van der Waals surface area (Å²) >= 11 is 18.3. The van der Waals surface area contributed by atoms with Crippen molar-refractivity contribution in [3.05, 3.63) is 27.2 Å². The van der Waals surface area contributed by atoms with Gasteiger partial charge in [-0.15, -0.1) is 0 Å². The van der Waals surface area contributed by atoms with Crippen LogP contribution in [0.3, 0.4) is 0 Å². The van der Waals surface area contributed by atoms with Crippen LogP contribution in [0.2, 0.25) is 28.2 Å². The Hall–Kier alpha value is -1.32. The summed E-state index contributed by atoms with van der Waals surface area (Å²) in [6.45, 7) is 18.6. The summed E-state index contributed by atoms with van der Waals surface area (Å²) in [5.74, 6) is -2.91. The lowest BCUT2D eigenvalue weighted by Crippen LogP contribution is -2.74. The van der Waals surface area contributed by atoms with E-state index in [0.717, 1.165) is 0 Å². The normalized spacial score (nSPS) is 20.8. The molecule has 0 aliphatic carbocycles. The fourth-order valence-corrected chi connectivity index (χ4v) is 6.57. The number of esters is 2. The van der Waals surface area contributed by atoms with E-state index in [1.165, 1.54) is 17.0 Å². The molecule has 208 valence electrons. The highest BCUT2D eigenvalue weighted by molar-refractivity contribution is 6.48. The summed E-state index contributed by atoms with van der Waals surface area (Å²) in [4.78, 5) is 41.0. The van der Waals surface area contributed by atoms with Crippen molar-refractivity contribution in [2.75, 3.05) is 6.54 Å². The maximum Gasteiger partial charge on any atom is 0.326 e. The lowest BCUT2D eigenvalue weighted by molar-refractivity contribution is -0.198. The fourth-order valence-electron chi connectivity index (χ4n) is 4.52. The van der Waals surface area contributed by atoms with Crippen molar-refractivity contribution in [1.82, 2.24) is 4.90 Å². The molecule has 0 unspecified atom stereocenters. The number of amides is 1. The van der Waals surface area contributed by atoms with Gasteiger partial charge in [-0.05, 0) is 59.2 Å². The van der Waals surface area contributed by atoms with Gasteiger partial charge in [-0.3, -0.25) is 14.4 Å². The van der Waals surface area contributed by atoms with Crippen LogP contribution in [0.25, 0.3) is 0 Å². The van der Waals surface area contributed by atoms with Crippen molar-refractivity contribution < 1.29 is 28.3 Å². The van der Waals surface area contributed by atoms with E-state index in [4.69, 9.17) is 48.7 Å². The van der Waals surface area contributed by atoms with E-state index >= 15 is 0 Å². The number of β-lactam (4-membered cyclic amide) rings is 1. The minimum Gasteiger partial charge on any atom is -0.459 e. The molecule has 1 heterocycles. The van der Waals surface area contributed by atoms with Crippen molar-refractivity contribution in [1.29, 1.82) is 0 Å². The molecular weight excluding hydrogens is 557 g/mol. The van der Waals surface area contributed by atoms with Crippen molar-refractivity contribution in [3.63, 3.8) is 0 Å². The van der Waals surface area contributed by atoms with Gasteiger partial charge in [0, 0.05) is 6.07 Å². The molecule has 11 heteroatoms. The molecule has 1 aromatic rings. The Bertz CT molecular complexity index is 1050. The van der Waals surface area contributed by atoms with Crippen molar-refractivity contribution in [2.45, 2.75) is 85.7 Å². The number of carbonyl (C=O) groups excluding carboxylic acids is 3. The first-order valence-electron chi connectivity index (χ1n) is 12.3. The molecule has 1 aliphatic rings. The number of ether oxygens (including phenoxy) is 2. The first kappa shape index (κ1) is 31.9. The SMILES string of the molecule is C[C@@H](C(=O)Oc1cc(Cl)c(Cl)cc1Cl)[C@@H]1[C@@H]([C@@](C)(O[SiH](C)C)C(C)(C)C)C(=O)N1CC(=O)OC(C)(C)C. The van der Waals surface area contributed by atoms with E-state index in [9.17, 15) is 14.4 Å². The second-order valence-electron chi connectivity index (χ2n) is 12.0. The summed E-state index contributed by atoms with van der Waals surface area (Å²) in [6, 6.07) is 2.08. The van der Waals surface area contributed by atoms with Gasteiger partial charge in [0.05, 0.1) is 38.5 Å². The monoisotopic (exact) mass is 593 g/mol. The molecule has 0 saturated carbocycles. The van der Waals surface area contributed by atoms with Crippen molar-refractivity contribution in [2.24, 2.45) is 17.3 Å². The average Bonchev–Trinajstić information content (AvgIpc) is 2.70. The molecule has 1 aromatic carbocycles. The number of benzene rings is 1. The molecule has 4 atom stereocenters. The van der Waals surface area contributed by atoms with Crippen LogP contribution in [-0.4, -0.2) is 55.6 Å². The Morgan fingerprint density at radius 1 is 1.00 bits per heavy atom. The smallest absolute Gasteiger partial charge is 0.326 e. The third-order valence-electron chi connectivity index (χ3n) is 6.60. The predicted molar refractivity (Wildman–Crippen MR) is 149 cm³/mol. The quantitative estimate of drug-likeness (QED) is 0.118. The van der Waals surface area contributed by atoms with Gasteiger partial charge in [0.2, 0.25) is 5.91 Å². The van der Waals surface area contributed by atoms with Gasteiger partial charge in [-0.2, -0.15) is 0 Å². The van der Waals surface area contributed by atoms with Gasteiger partial charge in [0.15, 0.2) is 14.8 Å². The molecule has 1 fully saturated rings. The molecule has 0 aromatic heterocycles. The topological polar surface area (TPSA) is 82.1 Å². The zero-order valence-electron chi connectivity index (χ0n) is 23.2. The number of hydrogen-bond acceptors (Lipinski definition) is 6. The Morgan fingerprint density at radius 2 is 1.54 bits per heavy atom. The molecule has 0 spiro atoms. The van der Waals surface area contributed by atoms with Gasteiger partial charge in [0.1, 0.15) is 12.1 Å². The van der Waals surface area contributed by atoms with Crippen molar-refractivity contribution in [3.8, 4) is 5.75 Å². The summed E-state index contributed by atoms with van der Waals surface area (Å²) in [6.07, 6.45) is 0. The van der Waals surface area contributed by atoms with Crippen molar-refractivity contribution >= 4 is 61.7 Å². The van der Waals surface area contributed by atoms with Crippen LogP contribution in [-0.2, 0) is 23.5 Å². The van der Waals surface area contributed by atoms with E-state index in [1.54, 1.807) is 27.7 Å². The predicted octanol–water partition coefficient (Wildman–Crippen LogP) is 6.16. The standard InChI is InChI=1S/C26H38Cl3NO6Si/c1-14(23(33)34-18-12-16(28)15(27)11-17(18)29)21-20(26(8,24(2,3)4)36-37(9)10)22(32)30(21)13-19(31)35-25(5,6)7/h11-12,14,20-21,37H,13H2,1-10H3/t14-,20-,21-,26-/m1/s1. The number of rotatable bonds is 8. The molecule has 0 bridgehead atoms. The lowest BCUT2D eigenvalue weighted by atomic mass is 9.61. The fraction of sp³-hybridized carbons (Fsp3) is 0.654. The van der Waals surface area contributed by atoms with Crippen LogP contribution in [0.5, 0.6) is 5.75 Å². The van der Waals surface area contributed by atoms with Gasteiger partial charge < -0.3 is 18.8 Å². The van der Waals surface area contributed by atoms with Gasteiger partial charge in [-0.1, -0.05) is 55.6 Å². The summed E-state index contributed by atoms with van der Waals surface area (Å²) in [5, 5.41) is 0.527. The Labute approximate surface area is 236 Å². The highest BCUT2D eigenvalue weighted by atomic mass is 35.5. The number of carbonyl (C=O) groups is 3. The molecule has 1 aliphatic heterocycles. The molecule has 1 amide bonds. The molecule has 0 radical (unpaired) electrons. The van der Waals surface area contributed by atoms with Crippen LogP contribution in [0, 0.1) is 17.3 Å². The number of likely N-dealkylation sites (tertiary alicyclic amines) is 1. The second kappa shape index (κ2) is 11.4. The minimum atomic E-state index is -1.62. The third kappa shape index (κ3) is 7.21. The molecule has 0 N–H and O–H groups in total. The van der Waals surface area contributed by atoms with E-state index in [-0.39, 0.29) is 33.3 Å². The molecular formula is C26H38Cl3NO6Si. The largest absolute Gasteiger partial charge is 0.459 e. The van der Waals surface area contributed by atoms with Crippen LogP contribution in [0.4, 0.5) is 0 Å². The van der Waals surface area contributed by atoms with Gasteiger partial charge in [-0.25, -0.2) is 0 Å². The summed E-state index contributed by atoms with van der Waals surface area (Å²) in [5.41, 5.74) is -2.06. The Balaban J connectivity index is 2.46. The first-order chi connectivity index (χ1) is 16.7. The van der Waals surface area contributed by atoms with Crippen LogP contribution in [0.15, 0.2) is 12.1 Å². The number of hydrogen-bond donors (Lipinski definition) is 0. The zero-order chi connectivity index (χ0) is 28.7. The number of halogens is 3. The van der Waals surface area contributed by atoms with E-state index in [0.29, 0.717) is 0 Å². The zero-order valence-corrected chi connectivity index (χ0v) is 26.6. The first-order valence-corrected chi connectivity index (χ1v) is 16.2. The summed E-state index contributed by atoms with van der Waals surface area (Å²) < 4.78 is 17.6. The molecule has 7 nitrogen and oxygen atoms in total. The van der Waals surface area contributed by atoms with E-state index in [2.05, 4.69) is 0 Å². The third-order valence-corrected chi connectivity index (χ3v) is 8.58. The summed E-state index contributed by atoms with van der Waals surface area (Å²) in [7, 11) is -1.62. The number of nitrogens with zero attached hydrogens (tertiary/aromatic N) is 1. The highest BCUT2D eigenvalue weighted by Crippen LogP contribution is 2.49. The van der Waals surface area contributed by atoms with Crippen LogP contribution in [0.1, 0.15) is 55.4 Å². The molecule has 1 saturated heterocycles. The Morgan fingerprint density at radius 3 is 2.03 bits per heavy atom. The van der Waals surface area contributed by atoms with Crippen LogP contribution >= 0.6 is 34.8 Å². The lowest BCUT2D eigenvalue weighted by Gasteiger charge is -2.59. The van der Waals surface area contributed by atoms with Crippen LogP contribution < -0.4 is 4.74 Å². The van der Waals surface area contributed by atoms with Gasteiger partial charge in [0.25, 0.3) is 0 Å². The van der Waals surface area contributed by atoms with E-state index < -0.39 is 55.5 Å². The molecule has 37 heavy (non-hydrogen) atoms. The minimum absolute atomic E-state index is 0.0539. The second-order valence-corrected chi connectivity index (χ2v) is 15.5. The maximum atomic E-state index is 13.6. The average molecular weight is 595 g/mol. The van der Waals surface area contributed by atoms with Gasteiger partial charge >= 0.3 is 11.9 Å². The molecule has 2 rings (SSSR count). The van der Waals surface area contributed by atoms with E-state index in [1.807, 2.05) is 40.8 Å². The Kier molecular flexibility index (Phi) is 9.85. The maximum absolute atomic E-state index is 13.6. The highest BCUT2D eigenvalue weighted by Gasteiger charge is 2.63.